The first-order chi connectivity index (χ1) is 11.2. The van der Waals surface area contributed by atoms with Gasteiger partial charge in [0.1, 0.15) is 6.04 Å². The van der Waals surface area contributed by atoms with Crippen molar-refractivity contribution in [3.05, 3.63) is 71.3 Å². The first kappa shape index (κ1) is 14.1. The third-order valence-electron chi connectivity index (χ3n) is 4.42. The van der Waals surface area contributed by atoms with Gasteiger partial charge in [-0.1, -0.05) is 62.4 Å². The Hall–Kier alpha value is -2.55. The number of hydrogen-bond acceptors (Lipinski definition) is 3. The van der Waals surface area contributed by atoms with Crippen molar-refractivity contribution in [1.29, 1.82) is 0 Å². The summed E-state index contributed by atoms with van der Waals surface area (Å²) >= 11 is 0. The number of fused-ring (bicyclic) bond motifs is 1. The van der Waals surface area contributed by atoms with Crippen LogP contribution in [0.1, 0.15) is 43.0 Å². The Bertz CT molecular complexity index is 829. The van der Waals surface area contributed by atoms with Crippen molar-refractivity contribution >= 4 is 17.1 Å². The Morgan fingerprint density at radius 3 is 2.61 bits per heavy atom. The topological polar surface area (TPSA) is 37.1 Å². The molecule has 0 bridgehead atoms. The van der Waals surface area contributed by atoms with E-state index in [2.05, 4.69) is 60.5 Å². The summed E-state index contributed by atoms with van der Waals surface area (Å²) in [6, 6.07) is 17.0. The van der Waals surface area contributed by atoms with Crippen molar-refractivity contribution < 1.29 is 0 Å². The van der Waals surface area contributed by atoms with Crippen molar-refractivity contribution in [2.45, 2.75) is 26.3 Å². The van der Waals surface area contributed by atoms with Gasteiger partial charge in [-0.2, -0.15) is 10.2 Å². The fourth-order valence-corrected chi connectivity index (χ4v) is 3.14. The van der Waals surface area contributed by atoms with Crippen LogP contribution in [-0.4, -0.2) is 5.71 Å². The summed E-state index contributed by atoms with van der Waals surface area (Å²) in [4.78, 5) is 4.81. The number of benzene rings is 2. The van der Waals surface area contributed by atoms with Gasteiger partial charge in [-0.15, -0.1) is 0 Å². The van der Waals surface area contributed by atoms with E-state index in [1.165, 1.54) is 11.1 Å². The molecule has 114 valence electrons. The Labute approximate surface area is 136 Å². The van der Waals surface area contributed by atoms with Gasteiger partial charge in [-0.3, -0.25) is 4.99 Å². The van der Waals surface area contributed by atoms with Crippen molar-refractivity contribution in [2.24, 2.45) is 21.1 Å². The molecule has 2 heterocycles. The highest BCUT2D eigenvalue weighted by atomic mass is 15.2. The fourth-order valence-electron chi connectivity index (χ4n) is 3.14. The van der Waals surface area contributed by atoms with Gasteiger partial charge in [0.05, 0.1) is 17.1 Å². The highest BCUT2D eigenvalue weighted by molar-refractivity contribution is 6.07. The number of rotatable bonds is 3. The number of allylic oxidation sites excluding steroid dienone is 1. The summed E-state index contributed by atoms with van der Waals surface area (Å²) in [5.74, 6) is 0.473. The molecule has 0 aliphatic carbocycles. The molecule has 0 aromatic heterocycles. The Kier molecular flexibility index (Phi) is 3.41. The lowest BCUT2D eigenvalue weighted by Gasteiger charge is -2.12. The van der Waals surface area contributed by atoms with Gasteiger partial charge in [0.25, 0.3) is 0 Å². The smallest absolute Gasteiger partial charge is 0.101 e. The van der Waals surface area contributed by atoms with Gasteiger partial charge >= 0.3 is 0 Å². The zero-order chi connectivity index (χ0) is 15.8. The van der Waals surface area contributed by atoms with Crippen LogP contribution in [0.3, 0.4) is 0 Å². The predicted molar refractivity (Wildman–Crippen MR) is 94.1 cm³/mol. The monoisotopic (exact) mass is 301 g/mol. The van der Waals surface area contributed by atoms with Crippen LogP contribution in [0.5, 0.6) is 0 Å². The molecular formula is C20H19N3. The molecule has 0 N–H and O–H groups in total. The molecule has 0 radical (unpaired) electrons. The van der Waals surface area contributed by atoms with Crippen molar-refractivity contribution in [3.8, 4) is 0 Å². The Morgan fingerprint density at radius 1 is 1.00 bits per heavy atom. The van der Waals surface area contributed by atoms with Crippen molar-refractivity contribution in [1.82, 2.24) is 0 Å². The maximum absolute atomic E-state index is 4.81. The van der Waals surface area contributed by atoms with Crippen LogP contribution in [-0.2, 0) is 0 Å². The minimum atomic E-state index is 0.197. The first-order valence-electron chi connectivity index (χ1n) is 8.10. The van der Waals surface area contributed by atoms with E-state index in [9.17, 15) is 0 Å². The van der Waals surface area contributed by atoms with E-state index >= 15 is 0 Å². The number of hydrogen-bond donors (Lipinski definition) is 0. The summed E-state index contributed by atoms with van der Waals surface area (Å²) in [6.07, 6.45) is 3.06. The number of azo groups is 1. The van der Waals surface area contributed by atoms with Crippen LogP contribution in [0.2, 0.25) is 0 Å². The summed E-state index contributed by atoms with van der Waals surface area (Å²) < 4.78 is 0. The minimum Gasteiger partial charge on any atom is -0.252 e. The van der Waals surface area contributed by atoms with Crippen LogP contribution < -0.4 is 0 Å². The van der Waals surface area contributed by atoms with Crippen LogP contribution in [0.4, 0.5) is 5.69 Å². The second kappa shape index (κ2) is 5.58. The molecule has 3 nitrogen and oxygen atoms in total. The van der Waals surface area contributed by atoms with Crippen LogP contribution in [0.25, 0.3) is 5.70 Å². The highest BCUT2D eigenvalue weighted by Crippen LogP contribution is 2.40. The van der Waals surface area contributed by atoms with E-state index < -0.39 is 0 Å². The Balaban J connectivity index is 1.63. The van der Waals surface area contributed by atoms with Gasteiger partial charge < -0.3 is 0 Å². The van der Waals surface area contributed by atoms with Gasteiger partial charge in [-0.05, 0) is 23.1 Å². The molecule has 23 heavy (non-hydrogen) atoms. The van der Waals surface area contributed by atoms with Gasteiger partial charge in [0.15, 0.2) is 0 Å². The van der Waals surface area contributed by atoms with Crippen molar-refractivity contribution in [2.75, 3.05) is 0 Å². The van der Waals surface area contributed by atoms with E-state index in [-0.39, 0.29) is 6.04 Å². The average molecular weight is 301 g/mol. The molecule has 2 aliphatic heterocycles. The molecule has 2 aromatic carbocycles. The van der Waals surface area contributed by atoms with E-state index in [4.69, 9.17) is 4.99 Å². The largest absolute Gasteiger partial charge is 0.252 e. The number of aliphatic imine (C=N–C) groups is 1. The zero-order valence-corrected chi connectivity index (χ0v) is 13.4. The molecule has 2 aromatic rings. The minimum absolute atomic E-state index is 0.197. The molecule has 0 saturated carbocycles. The van der Waals surface area contributed by atoms with Gasteiger partial charge in [0, 0.05) is 12.0 Å². The number of nitrogens with zero attached hydrogens (tertiary/aromatic N) is 3. The van der Waals surface area contributed by atoms with Crippen molar-refractivity contribution in [3.63, 3.8) is 0 Å². The summed E-state index contributed by atoms with van der Waals surface area (Å²) in [5, 5.41) is 8.77. The third-order valence-corrected chi connectivity index (χ3v) is 4.42. The lowest BCUT2D eigenvalue weighted by atomic mass is 9.94. The molecular weight excluding hydrogens is 282 g/mol. The molecule has 1 atom stereocenters. The fraction of sp³-hybridized carbons (Fsp3) is 0.250. The summed E-state index contributed by atoms with van der Waals surface area (Å²) in [5.41, 5.74) is 6.71. The van der Waals surface area contributed by atoms with E-state index in [1.54, 1.807) is 0 Å². The summed E-state index contributed by atoms with van der Waals surface area (Å²) in [7, 11) is 0. The quantitative estimate of drug-likeness (QED) is 0.696. The Morgan fingerprint density at radius 2 is 1.83 bits per heavy atom. The predicted octanol–water partition coefficient (Wildman–Crippen LogP) is 5.71. The van der Waals surface area contributed by atoms with Crippen LogP contribution >= 0.6 is 0 Å². The van der Waals surface area contributed by atoms with Gasteiger partial charge in [-0.25, -0.2) is 0 Å². The maximum Gasteiger partial charge on any atom is 0.101 e. The lowest BCUT2D eigenvalue weighted by Crippen LogP contribution is -2.02. The molecule has 1 unspecified atom stereocenters. The lowest BCUT2D eigenvalue weighted by molar-refractivity contribution is 0.515. The second-order valence-corrected chi connectivity index (χ2v) is 6.40. The molecule has 3 heteroatoms. The molecule has 0 amide bonds. The normalized spacial score (nSPS) is 19.0. The second-order valence-electron chi connectivity index (χ2n) is 6.40. The average Bonchev–Trinajstić information content (AvgIpc) is 3.22. The SMILES string of the molecule is CC(C)C1N=Nc2cc(C3=NC(c4ccccc4)=CC3)ccc21. The highest BCUT2D eigenvalue weighted by Gasteiger charge is 2.24. The molecule has 0 spiro atoms. The third kappa shape index (κ3) is 2.52. The molecule has 4 rings (SSSR count). The molecule has 0 saturated heterocycles. The molecule has 2 aliphatic rings. The first-order valence-corrected chi connectivity index (χ1v) is 8.10. The summed E-state index contributed by atoms with van der Waals surface area (Å²) in [6.45, 7) is 4.37. The van der Waals surface area contributed by atoms with Gasteiger partial charge in [0.2, 0.25) is 0 Å². The molecule has 0 fully saturated rings. The van der Waals surface area contributed by atoms with Crippen LogP contribution in [0, 0.1) is 5.92 Å². The standard InChI is InChI=1S/C20H19N3/c1-13(2)20-16-9-8-15(12-19(16)22-23-20)18-11-10-17(21-18)14-6-4-3-5-7-14/h3-10,12-13,20H,11H2,1-2H3. The van der Waals surface area contributed by atoms with E-state index in [0.717, 1.165) is 29.1 Å². The van der Waals surface area contributed by atoms with E-state index in [1.807, 2.05) is 18.2 Å². The zero-order valence-electron chi connectivity index (χ0n) is 13.4. The van der Waals surface area contributed by atoms with Crippen LogP contribution in [0.15, 0.2) is 69.8 Å². The maximum atomic E-state index is 4.81. The van der Waals surface area contributed by atoms with E-state index in [0.29, 0.717) is 5.92 Å².